The molecule has 1 aromatic heterocycles. The summed E-state index contributed by atoms with van der Waals surface area (Å²) in [6.07, 6.45) is 1.75. The number of aromatic nitrogens is 1. The Morgan fingerprint density at radius 3 is 2.67 bits per heavy atom. The predicted octanol–water partition coefficient (Wildman–Crippen LogP) is 4.71. The molecule has 0 aliphatic carbocycles. The standard InChI is InChI=1S/C19H14Cl2N2O3S/c1-2-5-23-14-9-15-16(26-7-6-25-15)10-17(14)27-19(23)22-18(24)12-4-3-11(20)8-13(12)21/h2-4,8-10H,1,5-7H2. The molecule has 5 nitrogen and oxygen atoms in total. The zero-order valence-electron chi connectivity index (χ0n) is 14.1. The van der Waals surface area contributed by atoms with Crippen LogP contribution in [0.1, 0.15) is 10.4 Å². The minimum Gasteiger partial charge on any atom is -0.486 e. The van der Waals surface area contributed by atoms with Crippen LogP contribution >= 0.6 is 34.5 Å². The number of allylic oxidation sites excluding steroid dienone is 1. The number of rotatable bonds is 3. The Bertz CT molecular complexity index is 1130. The minimum atomic E-state index is -0.432. The summed E-state index contributed by atoms with van der Waals surface area (Å²) in [5.41, 5.74) is 1.20. The maximum Gasteiger partial charge on any atom is 0.281 e. The van der Waals surface area contributed by atoms with Gasteiger partial charge in [0, 0.05) is 23.7 Å². The second-order valence-electron chi connectivity index (χ2n) is 5.79. The molecule has 2 heterocycles. The minimum absolute atomic E-state index is 0.268. The van der Waals surface area contributed by atoms with Crippen LogP contribution in [-0.4, -0.2) is 23.7 Å². The number of hydrogen-bond acceptors (Lipinski definition) is 4. The van der Waals surface area contributed by atoms with Crippen molar-refractivity contribution in [1.29, 1.82) is 0 Å². The Morgan fingerprint density at radius 2 is 1.96 bits per heavy atom. The van der Waals surface area contributed by atoms with Gasteiger partial charge in [0.1, 0.15) is 13.2 Å². The van der Waals surface area contributed by atoms with E-state index in [9.17, 15) is 4.79 Å². The van der Waals surface area contributed by atoms with Gasteiger partial charge in [-0.05, 0) is 18.2 Å². The van der Waals surface area contributed by atoms with E-state index >= 15 is 0 Å². The molecule has 0 spiro atoms. The van der Waals surface area contributed by atoms with Gasteiger partial charge in [0.05, 0.1) is 20.8 Å². The molecule has 0 fully saturated rings. The number of carbonyl (C=O) groups excluding carboxylic acids is 1. The van der Waals surface area contributed by atoms with Crippen molar-refractivity contribution in [2.45, 2.75) is 6.54 Å². The molecule has 3 aromatic rings. The van der Waals surface area contributed by atoms with Crippen LogP contribution in [0.15, 0.2) is 48.0 Å². The Labute approximate surface area is 169 Å². The average molecular weight is 421 g/mol. The highest BCUT2D eigenvalue weighted by Gasteiger charge is 2.17. The van der Waals surface area contributed by atoms with Gasteiger partial charge in [0.15, 0.2) is 16.3 Å². The predicted molar refractivity (Wildman–Crippen MR) is 107 cm³/mol. The van der Waals surface area contributed by atoms with E-state index in [4.69, 9.17) is 32.7 Å². The van der Waals surface area contributed by atoms with Gasteiger partial charge in [0.25, 0.3) is 5.91 Å². The normalized spacial score (nSPS) is 13.8. The first kappa shape index (κ1) is 18.1. The zero-order chi connectivity index (χ0) is 19.0. The molecule has 8 heteroatoms. The molecule has 0 radical (unpaired) electrons. The highest BCUT2D eigenvalue weighted by atomic mass is 35.5. The Morgan fingerprint density at radius 1 is 1.22 bits per heavy atom. The highest BCUT2D eigenvalue weighted by Crippen LogP contribution is 2.35. The molecule has 1 aliphatic rings. The molecule has 4 rings (SSSR count). The summed E-state index contributed by atoms with van der Waals surface area (Å²) >= 11 is 13.4. The average Bonchev–Trinajstić information content (AvgIpc) is 2.96. The first-order chi connectivity index (χ1) is 13.1. The van der Waals surface area contributed by atoms with Crippen LogP contribution in [0.25, 0.3) is 10.2 Å². The van der Waals surface area contributed by atoms with Crippen molar-refractivity contribution in [1.82, 2.24) is 4.57 Å². The van der Waals surface area contributed by atoms with Gasteiger partial charge in [-0.25, -0.2) is 0 Å². The van der Waals surface area contributed by atoms with Crippen molar-refractivity contribution in [2.75, 3.05) is 13.2 Å². The van der Waals surface area contributed by atoms with Gasteiger partial charge in [0.2, 0.25) is 0 Å². The molecule has 27 heavy (non-hydrogen) atoms. The molecule has 0 atom stereocenters. The van der Waals surface area contributed by atoms with Gasteiger partial charge >= 0.3 is 0 Å². The molecule has 2 aromatic carbocycles. The third-order valence-corrected chi connectivity index (χ3v) is 5.61. The number of thiazole rings is 1. The van der Waals surface area contributed by atoms with E-state index in [0.29, 0.717) is 46.6 Å². The number of carbonyl (C=O) groups is 1. The van der Waals surface area contributed by atoms with E-state index in [-0.39, 0.29) is 5.02 Å². The fourth-order valence-corrected chi connectivity index (χ4v) is 4.34. The van der Waals surface area contributed by atoms with Gasteiger partial charge in [-0.3, -0.25) is 4.79 Å². The number of amides is 1. The summed E-state index contributed by atoms with van der Waals surface area (Å²) in [5.74, 6) is 0.945. The summed E-state index contributed by atoms with van der Waals surface area (Å²) in [5, 5.41) is 0.732. The molecule has 0 bridgehead atoms. The van der Waals surface area contributed by atoms with Crippen LogP contribution in [-0.2, 0) is 6.54 Å². The van der Waals surface area contributed by atoms with Crippen LogP contribution in [0.5, 0.6) is 11.5 Å². The SMILES string of the molecule is C=CCn1c(=NC(=O)c2ccc(Cl)cc2Cl)sc2cc3c(cc21)OCCO3. The number of fused-ring (bicyclic) bond motifs is 2. The lowest BCUT2D eigenvalue weighted by atomic mass is 10.2. The van der Waals surface area contributed by atoms with Crippen molar-refractivity contribution in [3.05, 3.63) is 63.4 Å². The summed E-state index contributed by atoms with van der Waals surface area (Å²) in [6.45, 7) is 5.32. The molecular weight excluding hydrogens is 407 g/mol. The highest BCUT2D eigenvalue weighted by molar-refractivity contribution is 7.16. The van der Waals surface area contributed by atoms with E-state index in [1.807, 2.05) is 16.7 Å². The molecule has 1 amide bonds. The van der Waals surface area contributed by atoms with Crippen molar-refractivity contribution in [3.8, 4) is 11.5 Å². The summed E-state index contributed by atoms with van der Waals surface area (Å²) in [7, 11) is 0. The molecule has 0 saturated carbocycles. The van der Waals surface area contributed by atoms with Gasteiger partial charge in [-0.15, -0.1) is 6.58 Å². The number of halogens is 2. The zero-order valence-corrected chi connectivity index (χ0v) is 16.4. The summed E-state index contributed by atoms with van der Waals surface area (Å²) in [4.78, 5) is 17.5. The van der Waals surface area contributed by atoms with E-state index in [1.165, 1.54) is 17.4 Å². The third-order valence-electron chi connectivity index (χ3n) is 4.02. The lowest BCUT2D eigenvalue weighted by Gasteiger charge is -2.18. The molecular formula is C19H14Cl2N2O3S. The smallest absolute Gasteiger partial charge is 0.281 e. The van der Waals surface area contributed by atoms with Crippen LogP contribution in [0.4, 0.5) is 0 Å². The first-order valence-corrected chi connectivity index (χ1v) is 9.72. The van der Waals surface area contributed by atoms with Gasteiger partial charge in [-0.2, -0.15) is 4.99 Å². The van der Waals surface area contributed by atoms with Crippen molar-refractivity contribution in [2.24, 2.45) is 4.99 Å². The Kier molecular flexibility index (Phi) is 4.95. The fourth-order valence-electron chi connectivity index (χ4n) is 2.81. The maximum atomic E-state index is 12.7. The van der Waals surface area contributed by atoms with Crippen LogP contribution < -0.4 is 14.3 Å². The monoisotopic (exact) mass is 420 g/mol. The number of ether oxygens (including phenoxy) is 2. The molecule has 0 unspecified atom stereocenters. The van der Waals surface area contributed by atoms with Crippen LogP contribution in [0.2, 0.25) is 10.0 Å². The van der Waals surface area contributed by atoms with E-state index < -0.39 is 5.91 Å². The third kappa shape index (κ3) is 3.48. The van der Waals surface area contributed by atoms with Crippen molar-refractivity contribution < 1.29 is 14.3 Å². The van der Waals surface area contributed by atoms with Gasteiger partial charge in [-0.1, -0.05) is 40.6 Å². The fraction of sp³-hybridized carbons (Fsp3) is 0.158. The molecule has 1 aliphatic heterocycles. The summed E-state index contributed by atoms with van der Waals surface area (Å²) in [6, 6.07) is 8.52. The van der Waals surface area contributed by atoms with E-state index in [1.54, 1.807) is 18.2 Å². The largest absolute Gasteiger partial charge is 0.486 e. The lowest BCUT2D eigenvalue weighted by molar-refractivity contribution is 0.0998. The summed E-state index contributed by atoms with van der Waals surface area (Å²) < 4.78 is 14.2. The lowest BCUT2D eigenvalue weighted by Crippen LogP contribution is -2.17. The molecule has 0 N–H and O–H groups in total. The van der Waals surface area contributed by atoms with Crippen LogP contribution in [0.3, 0.4) is 0 Å². The quantitative estimate of drug-likeness (QED) is 0.576. The second kappa shape index (κ2) is 7.38. The van der Waals surface area contributed by atoms with Crippen molar-refractivity contribution >= 4 is 50.7 Å². The maximum absolute atomic E-state index is 12.7. The van der Waals surface area contributed by atoms with E-state index in [0.717, 1.165) is 10.2 Å². The second-order valence-corrected chi connectivity index (χ2v) is 7.64. The van der Waals surface area contributed by atoms with Crippen molar-refractivity contribution in [3.63, 3.8) is 0 Å². The van der Waals surface area contributed by atoms with E-state index in [2.05, 4.69) is 11.6 Å². The number of hydrogen-bond donors (Lipinski definition) is 0. The number of nitrogens with zero attached hydrogens (tertiary/aromatic N) is 2. The Hall–Kier alpha value is -2.28. The van der Waals surface area contributed by atoms with Crippen LogP contribution in [0, 0.1) is 0 Å². The molecule has 138 valence electrons. The first-order valence-electron chi connectivity index (χ1n) is 8.15. The number of benzene rings is 2. The Balaban J connectivity index is 1.86. The molecule has 0 saturated heterocycles. The topological polar surface area (TPSA) is 52.8 Å². The van der Waals surface area contributed by atoms with Gasteiger partial charge < -0.3 is 14.0 Å².